The molecule has 0 spiro atoms. The molecule has 0 radical (unpaired) electrons. The summed E-state index contributed by atoms with van der Waals surface area (Å²) in [5, 5.41) is 9.33. The van der Waals surface area contributed by atoms with Crippen molar-refractivity contribution in [2.75, 3.05) is 0 Å². The van der Waals surface area contributed by atoms with E-state index >= 15 is 0 Å². The van der Waals surface area contributed by atoms with Crippen molar-refractivity contribution in [1.82, 2.24) is 4.98 Å². The van der Waals surface area contributed by atoms with E-state index in [1.54, 1.807) is 0 Å². The van der Waals surface area contributed by atoms with Gasteiger partial charge in [0.05, 0.1) is 5.69 Å². The molecule has 0 fully saturated rings. The number of carboxylic acids is 1. The highest BCUT2D eigenvalue weighted by Crippen LogP contribution is 2.24. The lowest BCUT2D eigenvalue weighted by molar-refractivity contribution is -0.138. The van der Waals surface area contributed by atoms with Crippen LogP contribution in [0.15, 0.2) is 41.0 Å². The Morgan fingerprint density at radius 1 is 1.45 bits per heavy atom. The summed E-state index contributed by atoms with van der Waals surface area (Å²) in [6, 6.07) is 8.74. The molecule has 0 aliphatic heterocycles. The van der Waals surface area contributed by atoms with Gasteiger partial charge in [-0.05, 0) is 40.9 Å². The van der Waals surface area contributed by atoms with E-state index in [4.69, 9.17) is 0 Å². The monoisotopic (exact) mass is 337 g/mol. The summed E-state index contributed by atoms with van der Waals surface area (Å²) in [7, 11) is 0. The molecule has 104 valence electrons. The van der Waals surface area contributed by atoms with Crippen molar-refractivity contribution in [3.63, 3.8) is 0 Å². The van der Waals surface area contributed by atoms with E-state index in [0.29, 0.717) is 4.47 Å². The predicted octanol–water partition coefficient (Wildman–Crippen LogP) is 3.70. The first kappa shape index (κ1) is 14.7. The molecular weight excluding hydrogens is 325 g/mol. The fraction of sp³-hybridized carbons (Fsp3) is 0.200. The molecule has 0 amide bonds. The highest BCUT2D eigenvalue weighted by molar-refractivity contribution is 9.10. The van der Waals surface area contributed by atoms with Crippen molar-refractivity contribution < 1.29 is 14.3 Å². The Labute approximate surface area is 124 Å². The Hall–Kier alpha value is -1.75. The third kappa shape index (κ3) is 3.42. The Bertz CT molecular complexity index is 646. The number of carboxylic acid groups (broad SMARTS) is 1. The van der Waals surface area contributed by atoms with Crippen molar-refractivity contribution in [1.29, 1.82) is 0 Å². The first-order valence-electron chi connectivity index (χ1n) is 6.06. The summed E-state index contributed by atoms with van der Waals surface area (Å²) in [6.45, 7) is 1.93. The van der Waals surface area contributed by atoms with E-state index in [2.05, 4.69) is 20.9 Å². The highest BCUT2D eigenvalue weighted by Gasteiger charge is 2.25. The van der Waals surface area contributed by atoms with Crippen LogP contribution in [0.3, 0.4) is 0 Å². The molecule has 0 bridgehead atoms. The second kappa shape index (κ2) is 6.13. The maximum atomic E-state index is 13.9. The standard InChI is InChI=1S/C15H13BrFNO2/c1-9-3-2-4-10(5-9)6-12(15(19)20)14-13(17)7-11(16)8-18-14/h2-5,7-8,12H,6H2,1H3,(H,19,20). The fourth-order valence-electron chi connectivity index (χ4n) is 2.06. The minimum absolute atomic E-state index is 0.0396. The number of aliphatic carboxylic acids is 1. The van der Waals surface area contributed by atoms with E-state index in [1.165, 1.54) is 12.3 Å². The van der Waals surface area contributed by atoms with E-state index in [0.717, 1.165) is 11.1 Å². The smallest absolute Gasteiger partial charge is 0.313 e. The molecule has 0 aliphatic carbocycles. The number of nitrogens with zero attached hydrogens (tertiary/aromatic N) is 1. The lowest BCUT2D eigenvalue weighted by atomic mass is 9.94. The van der Waals surface area contributed by atoms with E-state index in [-0.39, 0.29) is 12.1 Å². The number of carbonyl (C=O) groups is 1. The zero-order valence-corrected chi connectivity index (χ0v) is 12.4. The molecule has 1 aromatic heterocycles. The molecule has 2 rings (SSSR count). The van der Waals surface area contributed by atoms with Crippen molar-refractivity contribution in [2.24, 2.45) is 0 Å². The predicted molar refractivity (Wildman–Crippen MR) is 77.2 cm³/mol. The molecule has 1 atom stereocenters. The third-order valence-corrected chi connectivity index (χ3v) is 3.42. The second-order valence-electron chi connectivity index (χ2n) is 4.60. The summed E-state index contributed by atoms with van der Waals surface area (Å²) >= 11 is 3.11. The van der Waals surface area contributed by atoms with Crippen LogP contribution in [0.5, 0.6) is 0 Å². The topological polar surface area (TPSA) is 50.2 Å². The minimum Gasteiger partial charge on any atom is -0.481 e. The van der Waals surface area contributed by atoms with Gasteiger partial charge in [-0.25, -0.2) is 4.39 Å². The van der Waals surface area contributed by atoms with Crippen LogP contribution in [0.4, 0.5) is 4.39 Å². The molecule has 2 aromatic rings. The van der Waals surface area contributed by atoms with Crippen molar-refractivity contribution in [3.8, 4) is 0 Å². The Kier molecular flexibility index (Phi) is 4.49. The summed E-state index contributed by atoms with van der Waals surface area (Å²) in [5.74, 6) is -2.69. The number of benzene rings is 1. The summed E-state index contributed by atoms with van der Waals surface area (Å²) in [5.41, 5.74) is 1.85. The Balaban J connectivity index is 2.34. The van der Waals surface area contributed by atoms with Crippen molar-refractivity contribution in [3.05, 3.63) is 63.6 Å². The van der Waals surface area contributed by atoms with Gasteiger partial charge in [0.1, 0.15) is 11.7 Å². The van der Waals surface area contributed by atoms with E-state index in [9.17, 15) is 14.3 Å². The maximum Gasteiger partial charge on any atom is 0.313 e. The third-order valence-electron chi connectivity index (χ3n) is 2.99. The first-order chi connectivity index (χ1) is 9.47. The van der Waals surface area contributed by atoms with Crippen LogP contribution in [-0.2, 0) is 11.2 Å². The molecule has 1 heterocycles. The van der Waals surface area contributed by atoms with Crippen LogP contribution in [0.1, 0.15) is 22.7 Å². The zero-order chi connectivity index (χ0) is 14.7. The normalized spacial score (nSPS) is 12.2. The van der Waals surface area contributed by atoms with Gasteiger partial charge in [-0.2, -0.15) is 0 Å². The quantitative estimate of drug-likeness (QED) is 0.925. The largest absolute Gasteiger partial charge is 0.481 e. The Morgan fingerprint density at radius 3 is 2.80 bits per heavy atom. The lowest BCUT2D eigenvalue weighted by Crippen LogP contribution is -2.17. The molecule has 20 heavy (non-hydrogen) atoms. The second-order valence-corrected chi connectivity index (χ2v) is 5.52. The van der Waals surface area contributed by atoms with Gasteiger partial charge in [-0.15, -0.1) is 0 Å². The van der Waals surface area contributed by atoms with Crippen molar-refractivity contribution in [2.45, 2.75) is 19.3 Å². The van der Waals surface area contributed by atoms with E-state index < -0.39 is 17.7 Å². The molecule has 1 unspecified atom stereocenters. The molecule has 0 aliphatic rings. The molecule has 0 saturated heterocycles. The van der Waals surface area contributed by atoms with Gasteiger partial charge < -0.3 is 5.11 Å². The van der Waals surface area contributed by atoms with Gasteiger partial charge in [0.15, 0.2) is 0 Å². The fourth-order valence-corrected chi connectivity index (χ4v) is 2.36. The Morgan fingerprint density at radius 2 is 2.20 bits per heavy atom. The molecule has 1 aromatic carbocycles. The maximum absolute atomic E-state index is 13.9. The van der Waals surface area contributed by atoms with Crippen LogP contribution in [0.2, 0.25) is 0 Å². The van der Waals surface area contributed by atoms with Crippen LogP contribution in [-0.4, -0.2) is 16.1 Å². The molecule has 5 heteroatoms. The summed E-state index contributed by atoms with van der Waals surface area (Å²) in [4.78, 5) is 15.3. The number of aryl methyl sites for hydroxylation is 1. The number of aromatic nitrogens is 1. The molecule has 0 saturated carbocycles. The average Bonchev–Trinajstić information content (AvgIpc) is 2.36. The average molecular weight is 338 g/mol. The van der Waals surface area contributed by atoms with Crippen LogP contribution >= 0.6 is 15.9 Å². The van der Waals surface area contributed by atoms with Crippen molar-refractivity contribution >= 4 is 21.9 Å². The summed E-state index contributed by atoms with van der Waals surface area (Å²) < 4.78 is 14.4. The van der Waals surface area contributed by atoms with Gasteiger partial charge in [0.25, 0.3) is 0 Å². The van der Waals surface area contributed by atoms with Crippen LogP contribution in [0, 0.1) is 12.7 Å². The van der Waals surface area contributed by atoms with Gasteiger partial charge in [-0.3, -0.25) is 9.78 Å². The van der Waals surface area contributed by atoms with E-state index in [1.807, 2.05) is 31.2 Å². The molecule has 3 nitrogen and oxygen atoms in total. The number of hydrogen-bond acceptors (Lipinski definition) is 2. The van der Waals surface area contributed by atoms with Gasteiger partial charge in [0.2, 0.25) is 0 Å². The number of halogens is 2. The van der Waals surface area contributed by atoms with Crippen LogP contribution < -0.4 is 0 Å². The molecule has 1 N–H and O–H groups in total. The number of hydrogen-bond donors (Lipinski definition) is 1. The number of rotatable bonds is 4. The summed E-state index contributed by atoms with van der Waals surface area (Å²) in [6.07, 6.45) is 1.62. The molecular formula is C15H13BrFNO2. The first-order valence-corrected chi connectivity index (χ1v) is 6.86. The van der Waals surface area contributed by atoms with Gasteiger partial charge in [0, 0.05) is 10.7 Å². The zero-order valence-electron chi connectivity index (χ0n) is 10.8. The SMILES string of the molecule is Cc1cccc(CC(C(=O)O)c2ncc(Br)cc2F)c1. The lowest BCUT2D eigenvalue weighted by Gasteiger charge is -2.13. The highest BCUT2D eigenvalue weighted by atomic mass is 79.9. The minimum atomic E-state index is -1.08. The van der Waals surface area contributed by atoms with Gasteiger partial charge in [-0.1, -0.05) is 29.8 Å². The van der Waals surface area contributed by atoms with Gasteiger partial charge >= 0.3 is 5.97 Å². The van der Waals surface area contributed by atoms with Crippen LogP contribution in [0.25, 0.3) is 0 Å². The number of pyridine rings is 1.